The van der Waals surface area contributed by atoms with Gasteiger partial charge in [-0.25, -0.2) is 4.39 Å². The van der Waals surface area contributed by atoms with Gasteiger partial charge in [-0.15, -0.1) is 0 Å². The molecule has 2 aliphatic heterocycles. The van der Waals surface area contributed by atoms with E-state index in [-0.39, 0.29) is 35.9 Å². The first-order chi connectivity index (χ1) is 17.0. The van der Waals surface area contributed by atoms with Crippen molar-refractivity contribution in [1.82, 2.24) is 4.98 Å². The third kappa shape index (κ3) is 4.77. The molecule has 2 aromatic carbocycles. The number of nitrogens with one attached hydrogen (secondary N) is 2. The van der Waals surface area contributed by atoms with Gasteiger partial charge in [-0.2, -0.15) is 0 Å². The lowest BCUT2D eigenvalue weighted by Gasteiger charge is -2.22. The fourth-order valence-electron chi connectivity index (χ4n) is 3.98. The Balaban J connectivity index is 1.30. The molecule has 0 saturated carbocycles. The van der Waals surface area contributed by atoms with E-state index in [4.69, 9.17) is 9.47 Å². The largest absolute Gasteiger partial charge is 0.486 e. The molecule has 1 atom stereocenters. The van der Waals surface area contributed by atoms with Crippen molar-refractivity contribution in [3.8, 4) is 11.5 Å². The van der Waals surface area contributed by atoms with Crippen LogP contribution in [0.1, 0.15) is 16.9 Å². The Kier molecular flexibility index (Phi) is 6.01. The molecule has 9 nitrogen and oxygen atoms in total. The summed E-state index contributed by atoms with van der Waals surface area (Å²) in [5, 5.41) is 5.29. The minimum absolute atomic E-state index is 0.00871. The average molecular weight is 476 g/mol. The summed E-state index contributed by atoms with van der Waals surface area (Å²) in [7, 11) is 0. The standard InChI is InChI=1S/C25H21FN4O5/c26-16-4-6-18(28-25(33)19-3-1-2-8-27-19)20(12-16)29-24(32)15-11-23(31)30(14-15)17-5-7-21-22(13-17)35-10-9-34-21/h1-8,12-13,15H,9-11,14H2,(H,28,33)(H,29,32). The Morgan fingerprint density at radius 3 is 2.60 bits per heavy atom. The molecule has 0 bridgehead atoms. The van der Waals surface area contributed by atoms with Crippen molar-refractivity contribution in [2.24, 2.45) is 5.92 Å². The van der Waals surface area contributed by atoms with Crippen molar-refractivity contribution >= 4 is 34.8 Å². The lowest BCUT2D eigenvalue weighted by Crippen LogP contribution is -2.28. The molecule has 1 saturated heterocycles. The van der Waals surface area contributed by atoms with Crippen LogP contribution in [0.25, 0.3) is 0 Å². The quantitative estimate of drug-likeness (QED) is 0.585. The second kappa shape index (κ2) is 9.41. The number of carbonyl (C=O) groups is 3. The Morgan fingerprint density at radius 1 is 0.971 bits per heavy atom. The smallest absolute Gasteiger partial charge is 0.274 e. The Morgan fingerprint density at radius 2 is 1.80 bits per heavy atom. The number of nitrogens with zero attached hydrogens (tertiary/aromatic N) is 2. The first kappa shape index (κ1) is 22.3. The topological polar surface area (TPSA) is 110 Å². The van der Waals surface area contributed by atoms with Crippen LogP contribution in [0.4, 0.5) is 21.5 Å². The number of rotatable bonds is 5. The van der Waals surface area contributed by atoms with E-state index in [9.17, 15) is 18.8 Å². The van der Waals surface area contributed by atoms with Gasteiger partial charge in [0.1, 0.15) is 24.7 Å². The molecule has 10 heteroatoms. The average Bonchev–Trinajstić information content (AvgIpc) is 3.27. The molecule has 2 aliphatic rings. The normalized spacial score (nSPS) is 16.7. The lowest BCUT2D eigenvalue weighted by atomic mass is 10.1. The number of benzene rings is 2. The van der Waals surface area contributed by atoms with Crippen LogP contribution in [0.5, 0.6) is 11.5 Å². The van der Waals surface area contributed by atoms with E-state index in [0.29, 0.717) is 30.4 Å². The molecule has 0 aliphatic carbocycles. The van der Waals surface area contributed by atoms with Gasteiger partial charge in [-0.3, -0.25) is 19.4 Å². The number of aromatic nitrogens is 1. The highest BCUT2D eigenvalue weighted by atomic mass is 19.1. The summed E-state index contributed by atoms with van der Waals surface area (Å²) in [6.45, 7) is 1.03. The zero-order chi connectivity index (χ0) is 24.4. The van der Waals surface area contributed by atoms with E-state index < -0.39 is 23.5 Å². The van der Waals surface area contributed by atoms with E-state index in [2.05, 4.69) is 15.6 Å². The molecule has 0 spiro atoms. The van der Waals surface area contributed by atoms with Crippen LogP contribution in [0.2, 0.25) is 0 Å². The van der Waals surface area contributed by atoms with Crippen molar-refractivity contribution < 1.29 is 28.2 Å². The number of hydrogen-bond acceptors (Lipinski definition) is 6. The van der Waals surface area contributed by atoms with E-state index in [0.717, 1.165) is 6.07 Å². The molecule has 2 N–H and O–H groups in total. The van der Waals surface area contributed by atoms with Crippen LogP contribution in [0.15, 0.2) is 60.8 Å². The second-order valence-corrected chi connectivity index (χ2v) is 8.08. The zero-order valence-corrected chi connectivity index (χ0v) is 18.5. The van der Waals surface area contributed by atoms with Gasteiger partial charge in [0, 0.05) is 30.9 Å². The van der Waals surface area contributed by atoms with Gasteiger partial charge < -0.3 is 25.0 Å². The van der Waals surface area contributed by atoms with Crippen molar-refractivity contribution in [3.63, 3.8) is 0 Å². The maximum Gasteiger partial charge on any atom is 0.274 e. The fraction of sp³-hybridized carbons (Fsp3) is 0.200. The highest BCUT2D eigenvalue weighted by Crippen LogP contribution is 2.36. The van der Waals surface area contributed by atoms with Crippen molar-refractivity contribution in [2.75, 3.05) is 35.3 Å². The molecule has 5 rings (SSSR count). The predicted molar refractivity (Wildman–Crippen MR) is 125 cm³/mol. The van der Waals surface area contributed by atoms with Crippen LogP contribution in [-0.4, -0.2) is 42.5 Å². The molecule has 1 unspecified atom stereocenters. The molecule has 35 heavy (non-hydrogen) atoms. The van der Waals surface area contributed by atoms with Crippen LogP contribution >= 0.6 is 0 Å². The number of anilines is 3. The zero-order valence-electron chi connectivity index (χ0n) is 18.5. The van der Waals surface area contributed by atoms with Gasteiger partial charge >= 0.3 is 0 Å². The molecule has 3 aromatic rings. The third-order valence-electron chi connectivity index (χ3n) is 5.72. The molecule has 3 heterocycles. The highest BCUT2D eigenvalue weighted by Gasteiger charge is 2.36. The molecular weight excluding hydrogens is 455 g/mol. The monoisotopic (exact) mass is 476 g/mol. The minimum atomic E-state index is -0.668. The number of fused-ring (bicyclic) bond motifs is 1. The molecule has 178 valence electrons. The number of carbonyl (C=O) groups excluding carboxylic acids is 3. The second-order valence-electron chi connectivity index (χ2n) is 8.08. The van der Waals surface area contributed by atoms with Crippen LogP contribution in [0, 0.1) is 11.7 Å². The van der Waals surface area contributed by atoms with Gasteiger partial charge in [-0.05, 0) is 42.5 Å². The summed E-state index contributed by atoms with van der Waals surface area (Å²) >= 11 is 0. The number of halogens is 1. The summed E-state index contributed by atoms with van der Waals surface area (Å²) in [5.74, 6) is -1.29. The number of amides is 3. The van der Waals surface area contributed by atoms with Crippen molar-refractivity contribution in [1.29, 1.82) is 0 Å². The van der Waals surface area contributed by atoms with Crippen LogP contribution in [0.3, 0.4) is 0 Å². The summed E-state index contributed by atoms with van der Waals surface area (Å²) in [4.78, 5) is 43.7. The van der Waals surface area contributed by atoms with Crippen LogP contribution in [-0.2, 0) is 9.59 Å². The Labute approximate surface area is 199 Å². The summed E-state index contributed by atoms with van der Waals surface area (Å²) in [6.07, 6.45) is 1.47. The highest BCUT2D eigenvalue weighted by molar-refractivity contribution is 6.08. The van der Waals surface area contributed by atoms with Crippen LogP contribution < -0.4 is 25.0 Å². The van der Waals surface area contributed by atoms with E-state index in [1.165, 1.54) is 29.3 Å². The maximum atomic E-state index is 14.0. The van der Waals surface area contributed by atoms with Gasteiger partial charge in [0.2, 0.25) is 11.8 Å². The Hall–Kier alpha value is -4.47. The molecular formula is C25H21FN4O5. The molecule has 1 fully saturated rings. The number of hydrogen-bond donors (Lipinski definition) is 2. The van der Waals surface area contributed by atoms with Gasteiger partial charge in [-0.1, -0.05) is 6.07 Å². The third-order valence-corrected chi connectivity index (χ3v) is 5.72. The lowest BCUT2D eigenvalue weighted by molar-refractivity contribution is -0.122. The Bertz CT molecular complexity index is 1300. The summed E-state index contributed by atoms with van der Waals surface area (Å²) in [5.41, 5.74) is 1.07. The van der Waals surface area contributed by atoms with E-state index in [1.807, 2.05) is 0 Å². The number of ether oxygens (including phenoxy) is 2. The first-order valence-electron chi connectivity index (χ1n) is 11.0. The van der Waals surface area contributed by atoms with Gasteiger partial charge in [0.05, 0.1) is 17.3 Å². The van der Waals surface area contributed by atoms with Crippen molar-refractivity contribution in [3.05, 3.63) is 72.3 Å². The van der Waals surface area contributed by atoms with Gasteiger partial charge in [0.25, 0.3) is 5.91 Å². The molecule has 0 radical (unpaired) electrons. The minimum Gasteiger partial charge on any atom is -0.486 e. The fourth-order valence-corrected chi connectivity index (χ4v) is 3.98. The SMILES string of the molecule is O=C(Nc1ccc(F)cc1NC(=O)C1CC(=O)N(c2ccc3c(c2)OCCO3)C1)c1ccccn1. The molecule has 1 aromatic heterocycles. The predicted octanol–water partition coefficient (Wildman–Crippen LogP) is 3.24. The number of pyridine rings is 1. The summed E-state index contributed by atoms with van der Waals surface area (Å²) < 4.78 is 25.1. The first-order valence-corrected chi connectivity index (χ1v) is 11.0. The van der Waals surface area contributed by atoms with E-state index >= 15 is 0 Å². The maximum absolute atomic E-state index is 14.0. The van der Waals surface area contributed by atoms with Crippen molar-refractivity contribution in [2.45, 2.75) is 6.42 Å². The van der Waals surface area contributed by atoms with Gasteiger partial charge in [0.15, 0.2) is 11.5 Å². The van der Waals surface area contributed by atoms with E-state index in [1.54, 1.807) is 30.3 Å². The molecule has 3 amide bonds. The summed E-state index contributed by atoms with van der Waals surface area (Å²) in [6, 6.07) is 13.7.